The Bertz CT molecular complexity index is 842. The van der Waals surface area contributed by atoms with Crippen molar-refractivity contribution >= 4 is 11.9 Å². The maximum Gasteiger partial charge on any atom is 0.255 e. The summed E-state index contributed by atoms with van der Waals surface area (Å²) in [6.07, 6.45) is 0. The zero-order chi connectivity index (χ0) is 20.6. The van der Waals surface area contributed by atoms with Gasteiger partial charge < -0.3 is 25.2 Å². The van der Waals surface area contributed by atoms with E-state index in [1.807, 2.05) is 31.2 Å². The van der Waals surface area contributed by atoms with Crippen LogP contribution in [0.15, 0.2) is 39.8 Å². The van der Waals surface area contributed by atoms with Gasteiger partial charge in [0.15, 0.2) is 12.6 Å². The first-order valence-electron chi connectivity index (χ1n) is 9.63. The number of piperazine rings is 1. The molecule has 156 valence electrons. The van der Waals surface area contributed by atoms with E-state index in [9.17, 15) is 4.79 Å². The van der Waals surface area contributed by atoms with Crippen LogP contribution in [0.3, 0.4) is 0 Å². The molecule has 0 spiro atoms. The molecule has 1 amide bonds. The molecule has 1 fully saturated rings. The van der Waals surface area contributed by atoms with E-state index in [1.54, 1.807) is 13.1 Å². The Hall–Kier alpha value is -3.07. The molecule has 3 rings (SSSR count). The van der Waals surface area contributed by atoms with Crippen LogP contribution in [0.4, 0.5) is 0 Å². The lowest BCUT2D eigenvalue weighted by molar-refractivity contribution is -0.119. The molecule has 9 nitrogen and oxygen atoms in total. The van der Waals surface area contributed by atoms with Crippen molar-refractivity contribution in [1.29, 1.82) is 0 Å². The molecule has 1 aliphatic heterocycles. The monoisotopic (exact) mass is 400 g/mol. The van der Waals surface area contributed by atoms with Gasteiger partial charge in [-0.25, -0.2) is 0 Å². The SMILES string of the molecule is CN=C(NCc1cccc(OCC(N)=O)c1)N1CCN(Cc2cc(C)on2)CC1. The van der Waals surface area contributed by atoms with E-state index in [1.165, 1.54) is 0 Å². The molecule has 3 N–H and O–H groups in total. The van der Waals surface area contributed by atoms with Gasteiger partial charge in [-0.1, -0.05) is 17.3 Å². The van der Waals surface area contributed by atoms with Crippen LogP contribution >= 0.6 is 0 Å². The highest BCUT2D eigenvalue weighted by Crippen LogP contribution is 2.14. The summed E-state index contributed by atoms with van der Waals surface area (Å²) in [6, 6.07) is 9.56. The van der Waals surface area contributed by atoms with Gasteiger partial charge in [0.05, 0.1) is 5.69 Å². The van der Waals surface area contributed by atoms with Crippen LogP contribution in [0.25, 0.3) is 0 Å². The number of carbonyl (C=O) groups is 1. The summed E-state index contributed by atoms with van der Waals surface area (Å²) in [4.78, 5) is 19.9. The lowest BCUT2D eigenvalue weighted by Crippen LogP contribution is -2.52. The summed E-state index contributed by atoms with van der Waals surface area (Å²) < 4.78 is 10.5. The highest BCUT2D eigenvalue weighted by atomic mass is 16.5. The smallest absolute Gasteiger partial charge is 0.255 e. The van der Waals surface area contributed by atoms with Crippen LogP contribution in [0.1, 0.15) is 17.0 Å². The van der Waals surface area contributed by atoms with Gasteiger partial charge in [0, 0.05) is 52.4 Å². The first kappa shape index (κ1) is 20.7. The van der Waals surface area contributed by atoms with Crippen molar-refractivity contribution in [3.05, 3.63) is 47.3 Å². The van der Waals surface area contributed by atoms with Crippen LogP contribution < -0.4 is 15.8 Å². The molecular weight excluding hydrogens is 372 g/mol. The van der Waals surface area contributed by atoms with Crippen LogP contribution in [0.2, 0.25) is 0 Å². The second-order valence-corrected chi connectivity index (χ2v) is 7.00. The number of aliphatic imine (C=N–C) groups is 1. The Labute approximate surface area is 170 Å². The maximum atomic E-state index is 10.9. The molecule has 0 unspecified atom stereocenters. The lowest BCUT2D eigenvalue weighted by Gasteiger charge is -2.36. The Morgan fingerprint density at radius 3 is 2.76 bits per heavy atom. The van der Waals surface area contributed by atoms with Crippen LogP contribution in [0, 0.1) is 6.92 Å². The molecule has 9 heteroatoms. The summed E-state index contributed by atoms with van der Waals surface area (Å²) in [5, 5.41) is 7.47. The largest absolute Gasteiger partial charge is 0.484 e. The fraction of sp³-hybridized carbons (Fsp3) is 0.450. The molecule has 0 atom stereocenters. The van der Waals surface area contributed by atoms with Crippen LogP contribution in [-0.2, 0) is 17.9 Å². The van der Waals surface area contributed by atoms with Crippen molar-refractivity contribution in [2.24, 2.45) is 10.7 Å². The Balaban J connectivity index is 1.47. The van der Waals surface area contributed by atoms with Crippen molar-refractivity contribution in [3.8, 4) is 5.75 Å². The van der Waals surface area contributed by atoms with E-state index in [-0.39, 0.29) is 6.61 Å². The van der Waals surface area contributed by atoms with Gasteiger partial charge in [0.25, 0.3) is 5.91 Å². The van der Waals surface area contributed by atoms with E-state index in [0.717, 1.165) is 55.7 Å². The molecule has 1 aliphatic rings. The number of nitrogens with one attached hydrogen (secondary N) is 1. The molecule has 1 aromatic heterocycles. The molecule has 0 bridgehead atoms. The second kappa shape index (κ2) is 9.92. The molecule has 1 saturated heterocycles. The zero-order valence-corrected chi connectivity index (χ0v) is 16.9. The number of nitrogens with two attached hydrogens (primary N) is 1. The fourth-order valence-corrected chi connectivity index (χ4v) is 3.25. The Morgan fingerprint density at radius 1 is 1.31 bits per heavy atom. The number of aromatic nitrogens is 1. The van der Waals surface area contributed by atoms with Gasteiger partial charge in [0.1, 0.15) is 11.5 Å². The number of amides is 1. The highest BCUT2D eigenvalue weighted by molar-refractivity contribution is 5.80. The highest BCUT2D eigenvalue weighted by Gasteiger charge is 2.20. The third kappa shape index (κ3) is 6.21. The fourth-order valence-electron chi connectivity index (χ4n) is 3.25. The predicted molar refractivity (Wildman–Crippen MR) is 109 cm³/mol. The van der Waals surface area contributed by atoms with E-state index in [0.29, 0.717) is 12.3 Å². The quantitative estimate of drug-likeness (QED) is 0.521. The molecule has 2 aromatic rings. The van der Waals surface area contributed by atoms with Gasteiger partial charge in [-0.3, -0.25) is 14.7 Å². The molecule has 0 saturated carbocycles. The summed E-state index contributed by atoms with van der Waals surface area (Å²) in [6.45, 7) is 6.83. The summed E-state index contributed by atoms with van der Waals surface area (Å²) in [5.41, 5.74) is 7.13. The summed E-state index contributed by atoms with van der Waals surface area (Å²) in [7, 11) is 1.79. The number of ether oxygens (including phenoxy) is 1. The number of primary amides is 1. The number of hydrogen-bond donors (Lipinski definition) is 2. The number of benzene rings is 1. The van der Waals surface area contributed by atoms with Gasteiger partial charge >= 0.3 is 0 Å². The van der Waals surface area contributed by atoms with Gasteiger partial charge in [-0.05, 0) is 24.6 Å². The standard InChI is InChI=1S/C20H28N6O3/c1-15-10-17(24-29-15)13-25-6-8-26(9-7-25)20(22-2)23-12-16-4-3-5-18(11-16)28-14-19(21)27/h3-5,10-11H,6-9,12-14H2,1-2H3,(H2,21,27)(H,22,23). The molecule has 2 heterocycles. The number of nitrogens with zero attached hydrogens (tertiary/aromatic N) is 4. The van der Waals surface area contributed by atoms with Gasteiger partial charge in [-0.15, -0.1) is 0 Å². The predicted octanol–water partition coefficient (Wildman–Crippen LogP) is 0.740. The number of carbonyl (C=O) groups excluding carboxylic acids is 1. The first-order valence-corrected chi connectivity index (χ1v) is 9.63. The minimum absolute atomic E-state index is 0.128. The maximum absolute atomic E-state index is 10.9. The van der Waals surface area contributed by atoms with Crippen molar-refractivity contribution in [3.63, 3.8) is 0 Å². The number of guanidine groups is 1. The first-order chi connectivity index (χ1) is 14.0. The Morgan fingerprint density at radius 2 is 2.10 bits per heavy atom. The van der Waals surface area contributed by atoms with E-state index in [4.69, 9.17) is 15.0 Å². The van der Waals surface area contributed by atoms with Crippen molar-refractivity contribution in [2.75, 3.05) is 39.8 Å². The number of rotatable bonds is 7. The lowest BCUT2D eigenvalue weighted by atomic mass is 10.2. The molecular formula is C20H28N6O3. The van der Waals surface area contributed by atoms with E-state index >= 15 is 0 Å². The Kier molecular flexibility index (Phi) is 7.07. The third-order valence-electron chi connectivity index (χ3n) is 4.68. The zero-order valence-electron chi connectivity index (χ0n) is 16.9. The molecule has 0 aliphatic carbocycles. The average Bonchev–Trinajstić information content (AvgIpc) is 3.13. The van der Waals surface area contributed by atoms with Gasteiger partial charge in [0.2, 0.25) is 0 Å². The molecule has 1 aromatic carbocycles. The van der Waals surface area contributed by atoms with E-state index in [2.05, 4.69) is 25.3 Å². The van der Waals surface area contributed by atoms with Crippen LogP contribution in [-0.4, -0.2) is 66.7 Å². The van der Waals surface area contributed by atoms with E-state index < -0.39 is 5.91 Å². The minimum atomic E-state index is -0.494. The molecule has 0 radical (unpaired) electrons. The minimum Gasteiger partial charge on any atom is -0.484 e. The van der Waals surface area contributed by atoms with Gasteiger partial charge in [-0.2, -0.15) is 0 Å². The average molecular weight is 400 g/mol. The number of aryl methyl sites for hydroxylation is 1. The molecule has 29 heavy (non-hydrogen) atoms. The van der Waals surface area contributed by atoms with Crippen molar-refractivity contribution in [1.82, 2.24) is 20.3 Å². The van der Waals surface area contributed by atoms with Crippen molar-refractivity contribution in [2.45, 2.75) is 20.0 Å². The second-order valence-electron chi connectivity index (χ2n) is 7.00. The summed E-state index contributed by atoms with van der Waals surface area (Å²) in [5.74, 6) is 1.83. The normalized spacial score (nSPS) is 15.4. The summed E-state index contributed by atoms with van der Waals surface area (Å²) >= 11 is 0. The van der Waals surface area contributed by atoms with Crippen LogP contribution in [0.5, 0.6) is 5.75 Å². The van der Waals surface area contributed by atoms with Crippen molar-refractivity contribution < 1.29 is 14.1 Å². The number of hydrogen-bond acceptors (Lipinski definition) is 6. The third-order valence-corrected chi connectivity index (χ3v) is 4.68. The topological polar surface area (TPSA) is 109 Å².